The number of anilines is 2. The summed E-state index contributed by atoms with van der Waals surface area (Å²) in [5.74, 6) is -0.420. The number of nitrogens with zero attached hydrogens (tertiary/aromatic N) is 2. The van der Waals surface area contributed by atoms with Crippen LogP contribution in [0.15, 0.2) is 29.6 Å². The van der Waals surface area contributed by atoms with E-state index in [1.165, 1.54) is 30.9 Å². The maximum atomic E-state index is 12.0. The van der Waals surface area contributed by atoms with Crippen molar-refractivity contribution in [3.8, 4) is 0 Å². The molecule has 1 aromatic carbocycles. The fourth-order valence-electron chi connectivity index (χ4n) is 3.52. The quantitative estimate of drug-likeness (QED) is 0.521. The van der Waals surface area contributed by atoms with Crippen molar-refractivity contribution in [2.75, 3.05) is 43.9 Å². The first-order valence-corrected chi connectivity index (χ1v) is 11.5. The van der Waals surface area contributed by atoms with Gasteiger partial charge in [-0.2, -0.15) is 0 Å². The number of nitrogens with one attached hydrogen (secondary N) is 2. The molecule has 0 bridgehead atoms. The topological polar surface area (TPSA) is 73.9 Å². The fraction of sp³-hybridized carbons (Fsp3) is 0.409. The third-order valence-corrected chi connectivity index (χ3v) is 6.57. The van der Waals surface area contributed by atoms with Gasteiger partial charge in [0, 0.05) is 45.3 Å². The Kier molecular flexibility index (Phi) is 8.00. The van der Waals surface area contributed by atoms with E-state index in [4.69, 9.17) is 17.0 Å². The predicted octanol–water partition coefficient (Wildman–Crippen LogP) is 3.71. The van der Waals surface area contributed by atoms with Gasteiger partial charge in [0.1, 0.15) is 4.88 Å². The summed E-state index contributed by atoms with van der Waals surface area (Å²) in [6.07, 6.45) is 0.998. The van der Waals surface area contributed by atoms with E-state index in [-0.39, 0.29) is 11.9 Å². The van der Waals surface area contributed by atoms with Crippen molar-refractivity contribution in [2.45, 2.75) is 26.8 Å². The molecule has 1 aliphatic heterocycles. The number of methoxy groups -OCH3 is 1. The van der Waals surface area contributed by atoms with Gasteiger partial charge in [-0.05, 0) is 54.2 Å². The summed E-state index contributed by atoms with van der Waals surface area (Å²) in [5.41, 5.74) is 3.73. The number of thiocarbonyl (C=S) groups is 1. The summed E-state index contributed by atoms with van der Waals surface area (Å²) >= 11 is 7.02. The molecule has 1 aromatic heterocycles. The molecular weight excluding hydrogens is 432 g/mol. The first kappa shape index (κ1) is 23.2. The second kappa shape index (κ2) is 10.7. The van der Waals surface area contributed by atoms with E-state index in [9.17, 15) is 9.59 Å². The van der Waals surface area contributed by atoms with Crippen LogP contribution in [0, 0.1) is 6.92 Å². The minimum absolute atomic E-state index is 0.0682. The molecule has 1 aliphatic rings. The van der Waals surface area contributed by atoms with E-state index >= 15 is 0 Å². The Morgan fingerprint density at radius 3 is 2.55 bits per heavy atom. The number of rotatable bonds is 5. The number of ether oxygens (including phenoxy) is 1. The first-order valence-electron chi connectivity index (χ1n) is 10.2. The van der Waals surface area contributed by atoms with E-state index in [0.29, 0.717) is 9.99 Å². The molecule has 0 unspecified atom stereocenters. The van der Waals surface area contributed by atoms with Crippen molar-refractivity contribution < 1.29 is 14.3 Å². The zero-order valence-electron chi connectivity index (χ0n) is 18.1. The zero-order valence-corrected chi connectivity index (χ0v) is 19.7. The lowest BCUT2D eigenvalue weighted by Gasteiger charge is -2.25. The molecule has 2 heterocycles. The van der Waals surface area contributed by atoms with E-state index < -0.39 is 0 Å². The molecule has 1 fully saturated rings. The highest BCUT2D eigenvalue weighted by Gasteiger charge is 2.21. The molecule has 0 saturated carbocycles. The van der Waals surface area contributed by atoms with Crippen LogP contribution in [0.25, 0.3) is 0 Å². The Bertz CT molecular complexity index is 943. The molecule has 1 amide bonds. The highest BCUT2D eigenvalue weighted by atomic mass is 32.1. The molecule has 2 N–H and O–H groups in total. The molecule has 7 nitrogen and oxygen atoms in total. The van der Waals surface area contributed by atoms with Gasteiger partial charge < -0.3 is 20.3 Å². The lowest BCUT2D eigenvalue weighted by Crippen LogP contribution is -2.38. The Morgan fingerprint density at radius 2 is 1.87 bits per heavy atom. The molecule has 2 aromatic rings. The summed E-state index contributed by atoms with van der Waals surface area (Å²) in [6, 6.07) is 7.96. The van der Waals surface area contributed by atoms with Crippen molar-refractivity contribution in [1.82, 2.24) is 9.80 Å². The summed E-state index contributed by atoms with van der Waals surface area (Å²) < 4.78 is 4.88. The molecule has 1 saturated heterocycles. The fourth-order valence-corrected chi connectivity index (χ4v) is 4.72. The number of thiophene rings is 1. The van der Waals surface area contributed by atoms with Crippen LogP contribution < -0.4 is 10.6 Å². The van der Waals surface area contributed by atoms with Crippen molar-refractivity contribution in [3.05, 3.63) is 45.6 Å². The molecule has 31 heavy (non-hydrogen) atoms. The van der Waals surface area contributed by atoms with Crippen molar-refractivity contribution in [1.29, 1.82) is 0 Å². The number of hydrogen-bond donors (Lipinski definition) is 2. The minimum atomic E-state index is -0.352. The maximum Gasteiger partial charge on any atom is 0.350 e. The van der Waals surface area contributed by atoms with Gasteiger partial charge in [-0.15, -0.1) is 11.3 Å². The van der Waals surface area contributed by atoms with E-state index in [1.807, 2.05) is 36.6 Å². The van der Waals surface area contributed by atoms with E-state index in [2.05, 4.69) is 20.4 Å². The Balaban J connectivity index is 1.56. The third kappa shape index (κ3) is 6.25. The molecule has 0 spiro atoms. The van der Waals surface area contributed by atoms with Crippen LogP contribution in [0.2, 0.25) is 0 Å². The minimum Gasteiger partial charge on any atom is -0.465 e. The van der Waals surface area contributed by atoms with Gasteiger partial charge in [-0.1, -0.05) is 12.1 Å². The Hall–Kier alpha value is -2.49. The SMILES string of the molecule is COC(=O)c1scc(C)c1NC(=S)N1CCCN(Cc2ccc(NC(C)=O)cc2)CC1. The number of aryl methyl sites for hydroxylation is 1. The van der Waals surface area contributed by atoms with E-state index in [0.717, 1.165) is 56.1 Å². The smallest absolute Gasteiger partial charge is 0.350 e. The number of benzene rings is 1. The summed E-state index contributed by atoms with van der Waals surface area (Å²) in [6.45, 7) is 7.86. The number of carbonyl (C=O) groups excluding carboxylic acids is 2. The average Bonchev–Trinajstić information content (AvgIpc) is 2.95. The number of amides is 1. The molecule has 166 valence electrons. The number of carbonyl (C=O) groups is 2. The number of esters is 1. The summed E-state index contributed by atoms with van der Waals surface area (Å²) in [4.78, 5) is 28.3. The van der Waals surface area contributed by atoms with Crippen LogP contribution >= 0.6 is 23.6 Å². The zero-order chi connectivity index (χ0) is 22.4. The van der Waals surface area contributed by atoms with E-state index in [1.54, 1.807) is 0 Å². The molecule has 0 aliphatic carbocycles. The standard InChI is InChI=1S/C22H28N4O3S2/c1-15-14-31-20(21(28)29-3)19(15)24-22(30)26-10-4-9-25(11-12-26)13-17-5-7-18(8-6-17)23-16(2)27/h5-8,14H,4,9-13H2,1-3H3,(H,23,27)(H,24,30). The largest absolute Gasteiger partial charge is 0.465 e. The summed E-state index contributed by atoms with van der Waals surface area (Å²) in [7, 11) is 1.39. The van der Waals surface area contributed by atoms with Crippen LogP contribution in [0.4, 0.5) is 11.4 Å². The second-order valence-corrected chi connectivity index (χ2v) is 8.81. The van der Waals surface area contributed by atoms with Crippen molar-refractivity contribution in [2.24, 2.45) is 0 Å². The maximum absolute atomic E-state index is 12.0. The predicted molar refractivity (Wildman–Crippen MR) is 129 cm³/mol. The van der Waals surface area contributed by atoms with Crippen molar-refractivity contribution >= 4 is 51.9 Å². The highest BCUT2D eigenvalue weighted by Crippen LogP contribution is 2.28. The average molecular weight is 461 g/mol. The van der Waals surface area contributed by atoms with Gasteiger partial charge in [0.2, 0.25) is 5.91 Å². The Morgan fingerprint density at radius 1 is 1.13 bits per heavy atom. The lowest BCUT2D eigenvalue weighted by molar-refractivity contribution is -0.114. The van der Waals surface area contributed by atoms with Crippen molar-refractivity contribution in [3.63, 3.8) is 0 Å². The summed E-state index contributed by atoms with van der Waals surface area (Å²) in [5, 5.41) is 8.63. The van der Waals surface area contributed by atoms with Crippen LogP contribution in [-0.2, 0) is 16.1 Å². The molecule has 0 atom stereocenters. The molecular formula is C22H28N4O3S2. The second-order valence-electron chi connectivity index (χ2n) is 7.54. The van der Waals surface area contributed by atoms with Gasteiger partial charge in [0.25, 0.3) is 0 Å². The lowest BCUT2D eigenvalue weighted by atomic mass is 10.2. The first-order chi connectivity index (χ1) is 14.9. The van der Waals surface area contributed by atoms with Crippen LogP contribution in [-0.4, -0.2) is 60.1 Å². The Labute approximate surface area is 192 Å². The van der Waals surface area contributed by atoms with Crippen LogP contribution in [0.1, 0.15) is 34.1 Å². The van der Waals surface area contributed by atoms with Crippen LogP contribution in [0.3, 0.4) is 0 Å². The van der Waals surface area contributed by atoms with Gasteiger partial charge in [-0.25, -0.2) is 4.79 Å². The normalized spacial score (nSPS) is 14.6. The van der Waals surface area contributed by atoms with Gasteiger partial charge in [-0.3, -0.25) is 9.69 Å². The molecule has 0 radical (unpaired) electrons. The highest BCUT2D eigenvalue weighted by molar-refractivity contribution is 7.80. The molecule has 3 rings (SSSR count). The third-order valence-electron chi connectivity index (χ3n) is 5.13. The number of hydrogen-bond acceptors (Lipinski definition) is 6. The monoisotopic (exact) mass is 460 g/mol. The van der Waals surface area contributed by atoms with Gasteiger partial charge >= 0.3 is 5.97 Å². The van der Waals surface area contributed by atoms with Gasteiger partial charge in [0.15, 0.2) is 5.11 Å². The molecule has 9 heteroatoms. The van der Waals surface area contributed by atoms with Crippen LogP contribution in [0.5, 0.6) is 0 Å². The van der Waals surface area contributed by atoms with Gasteiger partial charge in [0.05, 0.1) is 12.8 Å².